The van der Waals surface area contributed by atoms with Crippen LogP contribution in [0.2, 0.25) is 0 Å². The minimum atomic E-state index is -0.581. The lowest BCUT2D eigenvalue weighted by molar-refractivity contribution is 0.0695. The molecule has 0 saturated carbocycles. The molecule has 1 aromatic carbocycles. The third kappa shape index (κ3) is 3.43. The van der Waals surface area contributed by atoms with Crippen LogP contribution in [0.3, 0.4) is 0 Å². The van der Waals surface area contributed by atoms with Crippen LogP contribution in [0, 0.1) is 5.82 Å². The third-order valence-electron chi connectivity index (χ3n) is 4.83. The van der Waals surface area contributed by atoms with Crippen molar-refractivity contribution in [3.63, 3.8) is 0 Å². The van der Waals surface area contributed by atoms with Crippen LogP contribution in [-0.2, 0) is 13.0 Å². The van der Waals surface area contributed by atoms with Crippen LogP contribution in [0.4, 0.5) is 4.39 Å². The zero-order chi connectivity index (χ0) is 19.7. The minimum absolute atomic E-state index is 0.0262. The molecule has 6 nitrogen and oxygen atoms in total. The van der Waals surface area contributed by atoms with Crippen LogP contribution in [0.25, 0.3) is 10.6 Å². The molecule has 0 fully saturated rings. The summed E-state index contributed by atoms with van der Waals surface area (Å²) in [7, 11) is 0. The molecule has 1 aliphatic heterocycles. The summed E-state index contributed by atoms with van der Waals surface area (Å²) in [6.45, 7) is 1.48. The number of pyridine rings is 1. The molecule has 1 N–H and O–H groups in total. The molecule has 144 valence electrons. The largest absolute Gasteiger partial charge is 0.503 e. The van der Waals surface area contributed by atoms with Gasteiger partial charge in [-0.1, -0.05) is 12.1 Å². The quantitative estimate of drug-likeness (QED) is 0.716. The molecule has 0 radical (unpaired) electrons. The molecular weight excluding hydrogens is 381 g/mol. The van der Waals surface area contributed by atoms with Crippen molar-refractivity contribution in [1.29, 1.82) is 0 Å². The maximum atomic E-state index is 13.0. The van der Waals surface area contributed by atoms with Crippen LogP contribution >= 0.6 is 11.3 Å². The zero-order valence-corrected chi connectivity index (χ0v) is 15.8. The highest BCUT2D eigenvalue weighted by Gasteiger charge is 2.29. The third-order valence-corrected chi connectivity index (χ3v) is 5.63. The normalized spacial score (nSPS) is 13.6. The number of fused-ring (bicyclic) bond motifs is 1. The number of aryl methyl sites for hydroxylation is 1. The van der Waals surface area contributed by atoms with E-state index in [2.05, 4.69) is 4.98 Å². The summed E-state index contributed by atoms with van der Waals surface area (Å²) in [5.41, 5.74) is 0.744. The average Bonchev–Trinajstić information content (AvgIpc) is 3.22. The molecular formula is C20H18FN3O3S. The Balaban J connectivity index is 1.51. The second-order valence-electron chi connectivity index (χ2n) is 6.62. The average molecular weight is 399 g/mol. The van der Waals surface area contributed by atoms with Crippen LogP contribution in [-0.4, -0.2) is 38.6 Å². The lowest BCUT2D eigenvalue weighted by Crippen LogP contribution is -2.42. The molecule has 3 heterocycles. The van der Waals surface area contributed by atoms with Gasteiger partial charge in [-0.3, -0.25) is 9.59 Å². The van der Waals surface area contributed by atoms with Gasteiger partial charge in [0.15, 0.2) is 11.4 Å². The first kappa shape index (κ1) is 18.4. The number of rotatable bonds is 5. The number of amides is 1. The van der Waals surface area contributed by atoms with Crippen molar-refractivity contribution >= 4 is 17.2 Å². The van der Waals surface area contributed by atoms with Gasteiger partial charge in [0, 0.05) is 37.4 Å². The molecule has 28 heavy (non-hydrogen) atoms. The lowest BCUT2D eigenvalue weighted by atomic mass is 10.1. The predicted octanol–water partition coefficient (Wildman–Crippen LogP) is 2.91. The fourth-order valence-electron chi connectivity index (χ4n) is 3.38. The van der Waals surface area contributed by atoms with Gasteiger partial charge in [-0.15, -0.1) is 11.3 Å². The number of carbonyl (C=O) groups excluding carboxylic acids is 1. The maximum Gasteiger partial charge on any atom is 0.274 e. The van der Waals surface area contributed by atoms with Crippen molar-refractivity contribution in [1.82, 2.24) is 14.5 Å². The van der Waals surface area contributed by atoms with Gasteiger partial charge in [0.25, 0.3) is 5.91 Å². The molecule has 0 unspecified atom stereocenters. The van der Waals surface area contributed by atoms with Crippen LogP contribution < -0.4 is 5.43 Å². The number of benzene rings is 1. The van der Waals surface area contributed by atoms with Crippen LogP contribution in [0.5, 0.6) is 5.75 Å². The highest BCUT2D eigenvalue weighted by Crippen LogP contribution is 2.26. The molecule has 1 aliphatic rings. The van der Waals surface area contributed by atoms with Gasteiger partial charge < -0.3 is 14.6 Å². The standard InChI is InChI=1S/C20H18FN3O3S/c21-14-5-3-13(4-6-14)2-1-8-23-9-10-24-12-15(19-22-7-11-28-19)17(25)18(26)16(24)20(23)27/h3-7,11-12,26H,1-2,8-10H2. The summed E-state index contributed by atoms with van der Waals surface area (Å²) in [6, 6.07) is 6.30. The molecule has 0 spiro atoms. The van der Waals surface area contributed by atoms with E-state index in [0.717, 1.165) is 5.56 Å². The number of halogens is 1. The summed E-state index contributed by atoms with van der Waals surface area (Å²) < 4.78 is 14.6. The Kier molecular flexibility index (Phi) is 4.95. The van der Waals surface area contributed by atoms with E-state index in [4.69, 9.17) is 0 Å². The first-order valence-electron chi connectivity index (χ1n) is 8.94. The Labute approximate surface area is 164 Å². The van der Waals surface area contributed by atoms with E-state index in [1.807, 2.05) is 0 Å². The van der Waals surface area contributed by atoms with Crippen molar-refractivity contribution in [2.45, 2.75) is 19.4 Å². The lowest BCUT2D eigenvalue weighted by Gasteiger charge is -2.30. The summed E-state index contributed by atoms with van der Waals surface area (Å²) >= 11 is 1.31. The van der Waals surface area contributed by atoms with E-state index in [1.165, 1.54) is 23.5 Å². The Hall–Kier alpha value is -3.00. The molecule has 0 atom stereocenters. The molecule has 3 aromatic rings. The van der Waals surface area contributed by atoms with Crippen molar-refractivity contribution < 1.29 is 14.3 Å². The van der Waals surface area contributed by atoms with Gasteiger partial charge in [-0.05, 0) is 30.5 Å². The summed E-state index contributed by atoms with van der Waals surface area (Å²) in [4.78, 5) is 31.1. The van der Waals surface area contributed by atoms with Crippen molar-refractivity contribution in [3.05, 3.63) is 69.3 Å². The molecule has 1 amide bonds. The van der Waals surface area contributed by atoms with E-state index in [0.29, 0.717) is 43.0 Å². The van der Waals surface area contributed by atoms with Gasteiger partial charge in [-0.2, -0.15) is 0 Å². The second kappa shape index (κ2) is 7.55. The zero-order valence-electron chi connectivity index (χ0n) is 15.0. The maximum absolute atomic E-state index is 13.0. The number of hydrogen-bond acceptors (Lipinski definition) is 5. The van der Waals surface area contributed by atoms with E-state index in [9.17, 15) is 19.1 Å². The smallest absolute Gasteiger partial charge is 0.274 e. The van der Waals surface area contributed by atoms with Crippen molar-refractivity contribution in [2.24, 2.45) is 0 Å². The van der Waals surface area contributed by atoms with Gasteiger partial charge >= 0.3 is 0 Å². The van der Waals surface area contributed by atoms with E-state index < -0.39 is 11.2 Å². The van der Waals surface area contributed by atoms with Gasteiger partial charge in [0.2, 0.25) is 5.43 Å². The molecule has 4 rings (SSSR count). The second-order valence-corrected chi connectivity index (χ2v) is 7.52. The van der Waals surface area contributed by atoms with E-state index in [1.54, 1.807) is 39.4 Å². The fourth-order valence-corrected chi connectivity index (χ4v) is 4.02. The first-order chi connectivity index (χ1) is 13.5. The van der Waals surface area contributed by atoms with Gasteiger partial charge in [0.05, 0.1) is 5.56 Å². The Morgan fingerprint density at radius 3 is 2.68 bits per heavy atom. The first-order valence-corrected chi connectivity index (χ1v) is 9.82. The Morgan fingerprint density at radius 1 is 1.18 bits per heavy atom. The molecule has 2 aromatic heterocycles. The topological polar surface area (TPSA) is 75.4 Å². The van der Waals surface area contributed by atoms with Crippen molar-refractivity contribution in [3.8, 4) is 16.3 Å². The molecule has 0 bridgehead atoms. The van der Waals surface area contributed by atoms with Crippen molar-refractivity contribution in [2.75, 3.05) is 13.1 Å². The number of aromatic nitrogens is 2. The van der Waals surface area contributed by atoms with Gasteiger partial charge in [0.1, 0.15) is 10.8 Å². The predicted molar refractivity (Wildman–Crippen MR) is 104 cm³/mol. The summed E-state index contributed by atoms with van der Waals surface area (Å²) in [5.74, 6) is -1.16. The molecule has 8 heteroatoms. The number of carbonyl (C=O) groups is 1. The Bertz CT molecular complexity index is 1060. The number of nitrogens with zero attached hydrogens (tertiary/aromatic N) is 3. The summed E-state index contributed by atoms with van der Waals surface area (Å²) in [6.07, 6.45) is 4.62. The number of hydrogen-bond donors (Lipinski definition) is 1. The highest BCUT2D eigenvalue weighted by atomic mass is 32.1. The van der Waals surface area contributed by atoms with E-state index >= 15 is 0 Å². The number of aromatic hydroxyl groups is 1. The Morgan fingerprint density at radius 2 is 1.96 bits per heavy atom. The highest BCUT2D eigenvalue weighted by molar-refractivity contribution is 7.13. The molecule has 0 saturated heterocycles. The molecule has 0 aliphatic carbocycles. The fraction of sp³-hybridized carbons (Fsp3) is 0.250. The monoisotopic (exact) mass is 399 g/mol. The van der Waals surface area contributed by atoms with Gasteiger partial charge in [-0.25, -0.2) is 9.37 Å². The summed E-state index contributed by atoms with van der Waals surface area (Å²) in [5, 5.41) is 12.7. The van der Waals surface area contributed by atoms with Crippen LogP contribution in [0.1, 0.15) is 22.5 Å². The SMILES string of the molecule is O=C1c2c(O)c(=O)c(-c3nccs3)cn2CCN1CCCc1ccc(F)cc1. The minimum Gasteiger partial charge on any atom is -0.503 e. The van der Waals surface area contributed by atoms with E-state index in [-0.39, 0.29) is 17.4 Å². The number of thiazole rings is 1. The van der Waals surface area contributed by atoms with Crippen LogP contribution in [0.15, 0.2) is 46.8 Å².